The van der Waals surface area contributed by atoms with Gasteiger partial charge in [0, 0.05) is 39.0 Å². The summed E-state index contributed by atoms with van der Waals surface area (Å²) in [5, 5.41) is 12.0. The first-order valence-electron chi connectivity index (χ1n) is 13.3. The number of halogens is 3. The second-order valence-electron chi connectivity index (χ2n) is 9.61. The number of rotatable bonds is 15. The SMILES string of the molecule is O=C(CCCN1CCN(CCCCNCC[C@@H](Oc2ccc(C(F)(F)F)cc2)c2ccccc2)CC1)NO. The molecule has 1 aliphatic rings. The topological polar surface area (TPSA) is 77.1 Å². The van der Waals surface area contributed by atoms with Crippen LogP contribution in [0.2, 0.25) is 0 Å². The second kappa shape index (κ2) is 15.7. The van der Waals surface area contributed by atoms with Crippen molar-refractivity contribution in [2.45, 2.75) is 44.4 Å². The van der Waals surface area contributed by atoms with Crippen LogP contribution in [0, 0.1) is 0 Å². The second-order valence-corrected chi connectivity index (χ2v) is 9.61. The predicted octanol–water partition coefficient (Wildman–Crippen LogP) is 4.49. The zero-order chi connectivity index (χ0) is 27.2. The summed E-state index contributed by atoms with van der Waals surface area (Å²) >= 11 is 0. The van der Waals surface area contributed by atoms with Crippen LogP contribution < -0.4 is 15.5 Å². The number of amides is 1. The number of carbonyl (C=O) groups is 1. The summed E-state index contributed by atoms with van der Waals surface area (Å²) in [4.78, 5) is 15.9. The molecule has 0 aliphatic carbocycles. The van der Waals surface area contributed by atoms with E-state index in [1.807, 2.05) is 30.3 Å². The van der Waals surface area contributed by atoms with Crippen LogP contribution in [0.4, 0.5) is 13.2 Å². The number of carbonyl (C=O) groups excluding carboxylic acids is 1. The van der Waals surface area contributed by atoms with Gasteiger partial charge in [0.15, 0.2) is 0 Å². The lowest BCUT2D eigenvalue weighted by Gasteiger charge is -2.34. The number of unbranched alkanes of at least 4 members (excludes halogenated alkanes) is 1. The Hall–Kier alpha value is -2.66. The number of piperazine rings is 1. The Bertz CT molecular complexity index is 937. The Balaban J connectivity index is 1.31. The summed E-state index contributed by atoms with van der Waals surface area (Å²) < 4.78 is 44.7. The highest BCUT2D eigenvalue weighted by molar-refractivity contribution is 5.74. The average Bonchev–Trinajstić information content (AvgIpc) is 2.92. The van der Waals surface area contributed by atoms with Crippen LogP contribution >= 0.6 is 0 Å². The molecule has 0 aromatic heterocycles. The molecule has 2 aromatic rings. The molecular weight excluding hydrogens is 497 g/mol. The van der Waals surface area contributed by atoms with Crippen molar-refractivity contribution >= 4 is 5.91 Å². The summed E-state index contributed by atoms with van der Waals surface area (Å²) in [5.41, 5.74) is 1.98. The molecule has 38 heavy (non-hydrogen) atoms. The molecule has 0 saturated carbocycles. The lowest BCUT2D eigenvalue weighted by atomic mass is 10.1. The quantitative estimate of drug-likeness (QED) is 0.177. The van der Waals surface area contributed by atoms with Gasteiger partial charge in [-0.3, -0.25) is 10.0 Å². The minimum atomic E-state index is -4.36. The van der Waals surface area contributed by atoms with Crippen molar-refractivity contribution in [1.29, 1.82) is 0 Å². The summed E-state index contributed by atoms with van der Waals surface area (Å²) in [6, 6.07) is 14.6. The average molecular weight is 537 g/mol. The molecule has 0 radical (unpaired) electrons. The van der Waals surface area contributed by atoms with Gasteiger partial charge in [-0.2, -0.15) is 13.2 Å². The van der Waals surface area contributed by atoms with Gasteiger partial charge >= 0.3 is 6.18 Å². The molecule has 3 rings (SSSR count). The Morgan fingerprint density at radius 2 is 1.53 bits per heavy atom. The van der Waals surface area contributed by atoms with E-state index in [4.69, 9.17) is 9.94 Å². The first-order valence-corrected chi connectivity index (χ1v) is 13.3. The van der Waals surface area contributed by atoms with E-state index in [0.29, 0.717) is 18.6 Å². The van der Waals surface area contributed by atoms with Crippen molar-refractivity contribution in [3.05, 3.63) is 65.7 Å². The van der Waals surface area contributed by atoms with E-state index < -0.39 is 11.7 Å². The zero-order valence-electron chi connectivity index (χ0n) is 21.8. The van der Waals surface area contributed by atoms with Gasteiger partial charge in [-0.1, -0.05) is 30.3 Å². The van der Waals surface area contributed by atoms with Gasteiger partial charge in [-0.15, -0.1) is 0 Å². The van der Waals surface area contributed by atoms with Crippen LogP contribution in [0.5, 0.6) is 5.75 Å². The van der Waals surface area contributed by atoms with E-state index in [-0.39, 0.29) is 12.0 Å². The number of hydrogen-bond acceptors (Lipinski definition) is 6. The van der Waals surface area contributed by atoms with E-state index in [1.165, 1.54) is 12.1 Å². The molecule has 210 valence electrons. The van der Waals surface area contributed by atoms with Crippen LogP contribution in [0.25, 0.3) is 0 Å². The maximum absolute atomic E-state index is 12.9. The molecule has 1 saturated heterocycles. The summed E-state index contributed by atoms with van der Waals surface area (Å²) in [5.74, 6) is 0.0853. The number of hydrogen-bond donors (Lipinski definition) is 3. The number of nitrogens with one attached hydrogen (secondary N) is 2. The fourth-order valence-corrected chi connectivity index (χ4v) is 4.55. The molecular formula is C28H39F3N4O3. The lowest BCUT2D eigenvalue weighted by molar-refractivity contribution is -0.137. The third-order valence-corrected chi connectivity index (χ3v) is 6.76. The summed E-state index contributed by atoms with van der Waals surface area (Å²) in [6.07, 6.45) is -0.658. The largest absolute Gasteiger partial charge is 0.486 e. The third-order valence-electron chi connectivity index (χ3n) is 6.76. The first-order chi connectivity index (χ1) is 18.3. The molecule has 1 amide bonds. The molecule has 2 aromatic carbocycles. The summed E-state index contributed by atoms with van der Waals surface area (Å²) in [6.45, 7) is 7.63. The van der Waals surface area contributed by atoms with Gasteiger partial charge in [-0.05, 0) is 75.3 Å². The van der Waals surface area contributed by atoms with Crippen molar-refractivity contribution < 1.29 is 27.9 Å². The van der Waals surface area contributed by atoms with Crippen LogP contribution in [0.1, 0.15) is 49.3 Å². The van der Waals surface area contributed by atoms with E-state index in [2.05, 4.69) is 15.1 Å². The monoisotopic (exact) mass is 536 g/mol. The van der Waals surface area contributed by atoms with Gasteiger partial charge in [0.1, 0.15) is 11.9 Å². The summed E-state index contributed by atoms with van der Waals surface area (Å²) in [7, 11) is 0. The molecule has 0 spiro atoms. The van der Waals surface area contributed by atoms with E-state index in [9.17, 15) is 18.0 Å². The zero-order valence-corrected chi connectivity index (χ0v) is 21.8. The smallest absolute Gasteiger partial charge is 0.416 e. The van der Waals surface area contributed by atoms with E-state index in [0.717, 1.165) is 89.3 Å². The van der Waals surface area contributed by atoms with Crippen LogP contribution in [0.3, 0.4) is 0 Å². The standard InChI is InChI=1S/C28H39F3N4O3/c29-28(30,31)24-10-12-25(13-11-24)38-26(23-7-2-1-3-8-23)14-16-32-15-4-5-17-34-19-21-35(22-20-34)18-6-9-27(36)33-37/h1-3,7-8,10-13,26,32,37H,4-6,9,14-22H2,(H,33,36)/t26-/m1/s1. The Kier molecular flexibility index (Phi) is 12.3. The fourth-order valence-electron chi connectivity index (χ4n) is 4.55. The maximum Gasteiger partial charge on any atom is 0.416 e. The number of nitrogens with zero attached hydrogens (tertiary/aromatic N) is 2. The van der Waals surface area contributed by atoms with Crippen LogP contribution in [0.15, 0.2) is 54.6 Å². The van der Waals surface area contributed by atoms with Crippen molar-refractivity contribution in [2.24, 2.45) is 0 Å². The Morgan fingerprint density at radius 1 is 0.895 bits per heavy atom. The normalized spacial score (nSPS) is 15.8. The number of benzene rings is 2. The highest BCUT2D eigenvalue weighted by atomic mass is 19.4. The van der Waals surface area contributed by atoms with Gasteiger partial charge in [0.2, 0.25) is 5.91 Å². The number of ether oxygens (including phenoxy) is 1. The molecule has 1 heterocycles. The highest BCUT2D eigenvalue weighted by Crippen LogP contribution is 2.31. The highest BCUT2D eigenvalue weighted by Gasteiger charge is 2.30. The minimum absolute atomic E-state index is 0.255. The van der Waals surface area contributed by atoms with Crippen molar-refractivity contribution in [3.8, 4) is 5.75 Å². The molecule has 0 bridgehead atoms. The van der Waals surface area contributed by atoms with Crippen LogP contribution in [-0.4, -0.2) is 73.3 Å². The molecule has 3 N–H and O–H groups in total. The molecule has 10 heteroatoms. The van der Waals surface area contributed by atoms with E-state index in [1.54, 1.807) is 5.48 Å². The number of alkyl halides is 3. The van der Waals surface area contributed by atoms with Gasteiger partial charge in [0.25, 0.3) is 0 Å². The minimum Gasteiger partial charge on any atom is -0.486 e. The van der Waals surface area contributed by atoms with Crippen molar-refractivity contribution in [1.82, 2.24) is 20.6 Å². The third kappa shape index (κ3) is 10.6. The maximum atomic E-state index is 12.9. The van der Waals surface area contributed by atoms with Crippen molar-refractivity contribution in [3.63, 3.8) is 0 Å². The Labute approximate surface area is 222 Å². The number of hydroxylamine groups is 1. The molecule has 1 fully saturated rings. The van der Waals surface area contributed by atoms with Crippen LogP contribution in [-0.2, 0) is 11.0 Å². The Morgan fingerprint density at radius 3 is 2.13 bits per heavy atom. The van der Waals surface area contributed by atoms with Gasteiger partial charge in [0.05, 0.1) is 5.56 Å². The van der Waals surface area contributed by atoms with Gasteiger partial charge < -0.3 is 19.9 Å². The predicted molar refractivity (Wildman–Crippen MR) is 140 cm³/mol. The van der Waals surface area contributed by atoms with Gasteiger partial charge in [-0.25, -0.2) is 5.48 Å². The molecule has 7 nitrogen and oxygen atoms in total. The van der Waals surface area contributed by atoms with Crippen molar-refractivity contribution in [2.75, 3.05) is 52.4 Å². The molecule has 0 unspecified atom stereocenters. The van der Waals surface area contributed by atoms with E-state index >= 15 is 0 Å². The lowest BCUT2D eigenvalue weighted by Crippen LogP contribution is -2.46. The molecule has 1 aliphatic heterocycles. The molecule has 1 atom stereocenters. The fraction of sp³-hybridized carbons (Fsp3) is 0.536. The first kappa shape index (κ1) is 29.9.